The fourth-order valence-corrected chi connectivity index (χ4v) is 8.10. The minimum absolute atomic E-state index is 0.0294. The lowest BCUT2D eigenvalue weighted by Gasteiger charge is -2.31. The first kappa shape index (κ1) is 54.6. The molecule has 4 rings (SSSR count). The molecule has 1 aliphatic rings. The Balaban J connectivity index is 1.54. The van der Waals surface area contributed by atoms with E-state index in [1.165, 1.54) is 23.1 Å². The van der Waals surface area contributed by atoms with Crippen molar-refractivity contribution in [2.75, 3.05) is 26.2 Å². The van der Waals surface area contributed by atoms with Crippen LogP contribution in [0.15, 0.2) is 77.8 Å². The van der Waals surface area contributed by atoms with Gasteiger partial charge in [-0.2, -0.15) is 0 Å². The Labute approximate surface area is 403 Å². The van der Waals surface area contributed by atoms with Crippen LogP contribution >= 0.6 is 0 Å². The number of aliphatic hydroxyl groups is 1. The van der Waals surface area contributed by atoms with Gasteiger partial charge in [-0.3, -0.25) is 38.6 Å². The van der Waals surface area contributed by atoms with Crippen molar-refractivity contribution in [1.29, 1.82) is 0 Å². The van der Waals surface area contributed by atoms with Crippen molar-refractivity contribution < 1.29 is 43.8 Å². The number of likely N-dealkylation sites (N-methyl/N-ethyl adjacent to an activating group) is 1. The fourth-order valence-electron chi connectivity index (χ4n) is 8.10. The van der Waals surface area contributed by atoms with Gasteiger partial charge in [-0.25, -0.2) is 0 Å². The number of phenols is 1. The van der Waals surface area contributed by atoms with E-state index in [9.17, 15) is 43.8 Å². The highest BCUT2D eigenvalue weighted by molar-refractivity contribution is 6.00. The molecule has 19 nitrogen and oxygen atoms in total. The number of carbonyl (C=O) groups excluding carboxylic acids is 7. The highest BCUT2D eigenvalue weighted by atomic mass is 16.3. The zero-order valence-electron chi connectivity index (χ0n) is 40.2. The number of likely N-dealkylation sites (tertiary alicyclic amines) is 1. The van der Waals surface area contributed by atoms with Crippen LogP contribution in [-0.2, 0) is 40.0 Å². The van der Waals surface area contributed by atoms with Gasteiger partial charge in [-0.05, 0) is 97.4 Å². The first-order chi connectivity index (χ1) is 32.9. The summed E-state index contributed by atoms with van der Waals surface area (Å²) in [5.74, 6) is -4.85. The maximum Gasteiger partial charge on any atom is 0.245 e. The van der Waals surface area contributed by atoms with Gasteiger partial charge in [0.15, 0.2) is 5.96 Å². The van der Waals surface area contributed by atoms with E-state index in [1.54, 1.807) is 25.1 Å². The van der Waals surface area contributed by atoms with Crippen LogP contribution < -0.4 is 43.4 Å². The number of nitrogens with one attached hydrogen (secondary N) is 6. The molecule has 0 saturated carbocycles. The standard InChI is InChI=1S/C50H70N10O9/c1-6-53-48(68)42-17-11-25-60(42)49(69)37(16-10-24-54-50(51)52)56-44(64)38(26-30(2)3)57-45(65)39(27-31(4)5)58-46(66)40(28-32-18-21-35(62)22-19-32)59-47(67)41(29-61)55-43(63)23-20-34-14-9-13-33-12-7-8-15-36(33)34/h7-9,12-15,18-23,30-31,37-42,61-62H,6,10-11,16-17,24-29H2,1-5H3,(H,53,68)(H,55,63)(H,56,64)(H,57,65)(H,58,66)(H,59,67)(H4,51,52,54)/b23-20+/t37-,38-,39+,40-,41-,42-/m0/s1. The SMILES string of the molecule is CCNC(=O)[C@@H]1CCCN1C(=O)[C@H](CCCN=C(N)N)NC(=O)[C@H](CC(C)C)NC(=O)[C@@H](CC(C)C)NC(=O)[C@H](Cc1ccc(O)cc1)NC(=O)[C@H](CO)NC(=O)/C=C/c1cccc2ccccc12. The summed E-state index contributed by atoms with van der Waals surface area (Å²) >= 11 is 0. The number of fused-ring (bicyclic) bond motifs is 1. The lowest BCUT2D eigenvalue weighted by Crippen LogP contribution is -2.60. The Bertz CT molecular complexity index is 2290. The molecule has 0 aromatic heterocycles. The Hall–Kier alpha value is -7.02. The third-order valence-corrected chi connectivity index (χ3v) is 11.5. The summed E-state index contributed by atoms with van der Waals surface area (Å²) in [7, 11) is 0. The van der Waals surface area contributed by atoms with Crippen LogP contribution in [0.2, 0.25) is 0 Å². The molecular weight excluding hydrogens is 885 g/mol. The Kier molecular flexibility index (Phi) is 21.4. The molecular formula is C50H70N10O9. The van der Waals surface area contributed by atoms with Gasteiger partial charge in [0.25, 0.3) is 0 Å². The zero-order valence-corrected chi connectivity index (χ0v) is 40.2. The molecule has 0 radical (unpaired) electrons. The smallest absolute Gasteiger partial charge is 0.245 e. The van der Waals surface area contributed by atoms with Crippen molar-refractivity contribution in [3.63, 3.8) is 0 Å². The van der Waals surface area contributed by atoms with Crippen LogP contribution in [0.3, 0.4) is 0 Å². The molecule has 69 heavy (non-hydrogen) atoms. The molecule has 1 saturated heterocycles. The zero-order chi connectivity index (χ0) is 50.6. The van der Waals surface area contributed by atoms with E-state index in [2.05, 4.69) is 36.9 Å². The molecule has 0 bridgehead atoms. The minimum atomic E-state index is -1.47. The normalized spacial score (nSPS) is 15.7. The lowest BCUT2D eigenvalue weighted by atomic mass is 9.98. The van der Waals surface area contributed by atoms with Gasteiger partial charge < -0.3 is 58.5 Å². The summed E-state index contributed by atoms with van der Waals surface area (Å²) in [6.07, 6.45) is 4.50. The number of aliphatic hydroxyl groups excluding tert-OH is 1. The maximum absolute atomic E-state index is 14.3. The average molecular weight is 955 g/mol. The second-order valence-corrected chi connectivity index (χ2v) is 18.1. The van der Waals surface area contributed by atoms with E-state index < -0.39 is 78.3 Å². The predicted octanol–water partition coefficient (Wildman–Crippen LogP) is 1.49. The number of nitrogens with zero attached hydrogens (tertiary/aromatic N) is 2. The number of amides is 7. The van der Waals surface area contributed by atoms with Gasteiger partial charge in [0, 0.05) is 32.1 Å². The van der Waals surface area contributed by atoms with Crippen molar-refractivity contribution in [3.05, 3.63) is 83.9 Å². The van der Waals surface area contributed by atoms with Gasteiger partial charge in [0.05, 0.1) is 6.61 Å². The molecule has 6 atom stereocenters. The maximum atomic E-state index is 14.3. The van der Waals surface area contributed by atoms with Crippen molar-refractivity contribution in [1.82, 2.24) is 36.8 Å². The molecule has 0 aliphatic carbocycles. The first-order valence-corrected chi connectivity index (χ1v) is 23.6. The van der Waals surface area contributed by atoms with Crippen molar-refractivity contribution >= 4 is 64.2 Å². The molecule has 12 N–H and O–H groups in total. The lowest BCUT2D eigenvalue weighted by molar-refractivity contribution is -0.142. The predicted molar refractivity (Wildman–Crippen MR) is 264 cm³/mol. The number of aromatic hydroxyl groups is 1. The van der Waals surface area contributed by atoms with E-state index in [4.69, 9.17) is 11.5 Å². The molecule has 3 aromatic carbocycles. The topological polar surface area (TPSA) is 300 Å². The van der Waals surface area contributed by atoms with Crippen LogP contribution in [0.5, 0.6) is 5.75 Å². The number of benzene rings is 3. The monoisotopic (exact) mass is 955 g/mol. The van der Waals surface area contributed by atoms with Crippen molar-refractivity contribution in [2.45, 2.75) is 116 Å². The van der Waals surface area contributed by atoms with E-state index >= 15 is 0 Å². The van der Waals surface area contributed by atoms with Gasteiger partial charge in [0.1, 0.15) is 42.0 Å². The number of hydrogen-bond donors (Lipinski definition) is 10. The second-order valence-electron chi connectivity index (χ2n) is 18.1. The fraction of sp³-hybridized carbons (Fsp3) is 0.480. The number of rotatable bonds is 25. The quantitative estimate of drug-likeness (QED) is 0.0251. The third-order valence-electron chi connectivity index (χ3n) is 11.5. The summed E-state index contributed by atoms with van der Waals surface area (Å²) < 4.78 is 0. The van der Waals surface area contributed by atoms with Gasteiger partial charge in [0.2, 0.25) is 41.4 Å². The molecule has 1 aliphatic heterocycles. The summed E-state index contributed by atoms with van der Waals surface area (Å²) in [5.41, 5.74) is 12.3. The second kappa shape index (κ2) is 27.1. The van der Waals surface area contributed by atoms with Crippen LogP contribution in [0.4, 0.5) is 0 Å². The Morgan fingerprint density at radius 2 is 1.33 bits per heavy atom. The van der Waals surface area contributed by atoms with Gasteiger partial charge >= 0.3 is 0 Å². The van der Waals surface area contributed by atoms with Crippen molar-refractivity contribution in [2.24, 2.45) is 28.3 Å². The van der Waals surface area contributed by atoms with Crippen LogP contribution in [0, 0.1) is 11.8 Å². The summed E-state index contributed by atoms with van der Waals surface area (Å²) in [5, 5.41) is 38.3. The highest BCUT2D eigenvalue weighted by Gasteiger charge is 2.39. The van der Waals surface area contributed by atoms with Gasteiger partial charge in [-0.1, -0.05) is 82.3 Å². The van der Waals surface area contributed by atoms with E-state index in [-0.39, 0.29) is 61.7 Å². The highest BCUT2D eigenvalue weighted by Crippen LogP contribution is 2.22. The number of phenolic OH excluding ortho intramolecular Hbond substituents is 1. The molecule has 374 valence electrons. The number of hydrogen-bond acceptors (Lipinski definition) is 10. The van der Waals surface area contributed by atoms with Gasteiger partial charge in [-0.15, -0.1) is 0 Å². The Morgan fingerprint density at radius 3 is 1.94 bits per heavy atom. The van der Waals surface area contributed by atoms with E-state index in [0.29, 0.717) is 37.9 Å². The number of nitrogens with two attached hydrogens (primary N) is 2. The average Bonchev–Trinajstić information content (AvgIpc) is 3.81. The number of aliphatic imine (C=N–C) groups is 1. The molecule has 1 heterocycles. The summed E-state index contributed by atoms with van der Waals surface area (Å²) in [6, 6.07) is 12.2. The van der Waals surface area contributed by atoms with Crippen molar-refractivity contribution in [3.8, 4) is 5.75 Å². The largest absolute Gasteiger partial charge is 0.508 e. The summed E-state index contributed by atoms with van der Waals surface area (Å²) in [6.45, 7) is 9.26. The molecule has 7 amide bonds. The minimum Gasteiger partial charge on any atom is -0.508 e. The number of guanidine groups is 1. The van der Waals surface area contributed by atoms with Crippen LogP contribution in [-0.4, -0.2) is 125 Å². The molecule has 0 spiro atoms. The molecule has 1 fully saturated rings. The third kappa shape index (κ3) is 17.2. The summed E-state index contributed by atoms with van der Waals surface area (Å²) in [4.78, 5) is 102. The van der Waals surface area contributed by atoms with E-state index in [1.807, 2.05) is 70.2 Å². The van der Waals surface area contributed by atoms with Crippen LogP contribution in [0.1, 0.15) is 84.3 Å². The first-order valence-electron chi connectivity index (χ1n) is 23.6. The van der Waals surface area contributed by atoms with Crippen LogP contribution in [0.25, 0.3) is 16.8 Å². The number of carbonyl (C=O) groups is 7. The Morgan fingerprint density at radius 1 is 0.754 bits per heavy atom. The molecule has 0 unspecified atom stereocenters. The molecule has 3 aromatic rings. The molecule has 19 heteroatoms. The van der Waals surface area contributed by atoms with E-state index in [0.717, 1.165) is 16.3 Å².